The molecular formula is C33H40O7. The molecule has 5 rings (SSSR count). The van der Waals surface area contributed by atoms with Crippen LogP contribution in [0.15, 0.2) is 66.7 Å². The number of hydrogen-bond acceptors (Lipinski definition) is 7. The van der Waals surface area contributed by atoms with Gasteiger partial charge in [0.15, 0.2) is 0 Å². The van der Waals surface area contributed by atoms with E-state index in [1.165, 1.54) is 13.0 Å². The highest BCUT2D eigenvalue weighted by atomic mass is 16.6. The number of benzene rings is 2. The summed E-state index contributed by atoms with van der Waals surface area (Å²) in [7, 11) is 0. The summed E-state index contributed by atoms with van der Waals surface area (Å²) in [6, 6.07) is 19.3. The molecule has 1 N–H and O–H groups in total. The molecule has 1 unspecified atom stereocenters. The molecule has 0 aromatic heterocycles. The predicted molar refractivity (Wildman–Crippen MR) is 150 cm³/mol. The number of ether oxygens (including phenoxy) is 4. The Kier molecular flexibility index (Phi) is 7.68. The van der Waals surface area contributed by atoms with Gasteiger partial charge in [-0.1, -0.05) is 74.5 Å². The number of esters is 2. The Morgan fingerprint density at radius 3 is 2.27 bits per heavy atom. The Morgan fingerprint density at radius 1 is 0.975 bits per heavy atom. The van der Waals surface area contributed by atoms with E-state index < -0.39 is 58.9 Å². The number of aliphatic hydroxyl groups is 1. The lowest BCUT2D eigenvalue weighted by Gasteiger charge is -2.63. The molecule has 8 atom stereocenters. The second kappa shape index (κ2) is 10.8. The summed E-state index contributed by atoms with van der Waals surface area (Å²) in [5, 5.41) is 12.0. The van der Waals surface area contributed by atoms with Gasteiger partial charge in [-0.3, -0.25) is 4.79 Å². The molecular weight excluding hydrogens is 508 g/mol. The summed E-state index contributed by atoms with van der Waals surface area (Å²) in [4.78, 5) is 25.6. The minimum atomic E-state index is -1.04. The van der Waals surface area contributed by atoms with Gasteiger partial charge in [-0.05, 0) is 49.8 Å². The van der Waals surface area contributed by atoms with E-state index in [1.807, 2.05) is 81.4 Å². The zero-order valence-electron chi connectivity index (χ0n) is 23.9. The predicted octanol–water partition coefficient (Wildman–Crippen LogP) is 5.10. The molecule has 2 bridgehead atoms. The third-order valence-electron chi connectivity index (χ3n) is 9.39. The van der Waals surface area contributed by atoms with Crippen LogP contribution in [0.3, 0.4) is 0 Å². The van der Waals surface area contributed by atoms with Crippen molar-refractivity contribution in [1.29, 1.82) is 0 Å². The average molecular weight is 549 g/mol. The van der Waals surface area contributed by atoms with E-state index in [1.54, 1.807) is 6.08 Å². The van der Waals surface area contributed by atoms with Crippen LogP contribution in [-0.2, 0) is 35.1 Å². The van der Waals surface area contributed by atoms with Gasteiger partial charge in [0.2, 0.25) is 0 Å². The van der Waals surface area contributed by atoms with Crippen molar-refractivity contribution in [3.05, 3.63) is 77.9 Å². The van der Waals surface area contributed by atoms with E-state index in [0.29, 0.717) is 12.8 Å². The monoisotopic (exact) mass is 548 g/mol. The fourth-order valence-corrected chi connectivity index (χ4v) is 7.69. The average Bonchev–Trinajstić information content (AvgIpc) is 3.12. The lowest BCUT2D eigenvalue weighted by molar-refractivity contribution is -0.306. The van der Waals surface area contributed by atoms with Crippen molar-refractivity contribution < 1.29 is 33.6 Å². The van der Waals surface area contributed by atoms with Crippen molar-refractivity contribution in [3.8, 4) is 0 Å². The molecule has 0 amide bonds. The van der Waals surface area contributed by atoms with Crippen molar-refractivity contribution in [2.45, 2.75) is 89.7 Å². The molecule has 3 fully saturated rings. The van der Waals surface area contributed by atoms with Gasteiger partial charge < -0.3 is 24.1 Å². The highest BCUT2D eigenvalue weighted by molar-refractivity contribution is 5.87. The van der Waals surface area contributed by atoms with Gasteiger partial charge in [-0.25, -0.2) is 4.79 Å². The van der Waals surface area contributed by atoms with Crippen molar-refractivity contribution in [2.24, 2.45) is 17.3 Å². The topological polar surface area (TPSA) is 91.3 Å². The SMILES string of the molecule is CC(=O)O[C@@H]1[C@H]2C(O)[C@@H](OCc3ccccc3)[C@]3(C)[C@@H](OC(=O)/C=C/c4ccccc4)CC[C@@H](C)[C@@]13OC2(C)C. The van der Waals surface area contributed by atoms with Crippen molar-refractivity contribution >= 4 is 18.0 Å². The van der Waals surface area contributed by atoms with Crippen molar-refractivity contribution in [2.75, 3.05) is 0 Å². The van der Waals surface area contributed by atoms with E-state index in [0.717, 1.165) is 11.1 Å². The molecule has 1 saturated heterocycles. The van der Waals surface area contributed by atoms with Crippen LogP contribution in [0.1, 0.15) is 58.6 Å². The maximum atomic E-state index is 13.2. The zero-order valence-corrected chi connectivity index (χ0v) is 23.9. The van der Waals surface area contributed by atoms with Gasteiger partial charge in [0.1, 0.15) is 17.8 Å². The third kappa shape index (κ3) is 4.68. The van der Waals surface area contributed by atoms with Crippen LogP contribution >= 0.6 is 0 Å². The summed E-state index contributed by atoms with van der Waals surface area (Å²) in [6.45, 7) is 9.56. The minimum Gasteiger partial charge on any atom is -0.459 e. The second-order valence-corrected chi connectivity index (χ2v) is 12.2. The zero-order chi connectivity index (χ0) is 28.7. The molecule has 7 nitrogen and oxygen atoms in total. The van der Waals surface area contributed by atoms with Gasteiger partial charge >= 0.3 is 11.9 Å². The molecule has 3 aliphatic rings. The van der Waals surface area contributed by atoms with Crippen LogP contribution in [0, 0.1) is 17.3 Å². The Labute approximate surface area is 236 Å². The lowest BCUT2D eigenvalue weighted by Crippen LogP contribution is -2.76. The van der Waals surface area contributed by atoms with E-state index >= 15 is 0 Å². The Hall–Kier alpha value is -3.00. The minimum absolute atomic E-state index is 0.0590. The van der Waals surface area contributed by atoms with Crippen molar-refractivity contribution in [1.82, 2.24) is 0 Å². The van der Waals surface area contributed by atoms with Crippen LogP contribution in [-0.4, -0.2) is 52.7 Å². The van der Waals surface area contributed by atoms with Crippen LogP contribution in [0.5, 0.6) is 0 Å². The van der Waals surface area contributed by atoms with Gasteiger partial charge in [-0.15, -0.1) is 0 Å². The molecule has 2 aromatic carbocycles. The molecule has 40 heavy (non-hydrogen) atoms. The Morgan fingerprint density at radius 2 is 1.62 bits per heavy atom. The number of aliphatic hydroxyl groups excluding tert-OH is 1. The number of carbonyl (C=O) groups excluding carboxylic acids is 2. The Bertz CT molecular complexity index is 1240. The molecule has 2 aliphatic carbocycles. The second-order valence-electron chi connectivity index (χ2n) is 12.2. The molecule has 2 saturated carbocycles. The number of carbonyl (C=O) groups is 2. The number of hydrogen-bond donors (Lipinski definition) is 1. The summed E-state index contributed by atoms with van der Waals surface area (Å²) >= 11 is 0. The highest BCUT2D eigenvalue weighted by Gasteiger charge is 2.80. The Balaban J connectivity index is 1.56. The van der Waals surface area contributed by atoms with Crippen LogP contribution in [0.2, 0.25) is 0 Å². The molecule has 214 valence electrons. The quantitative estimate of drug-likeness (QED) is 0.380. The summed E-state index contributed by atoms with van der Waals surface area (Å²) in [5.74, 6) is -1.51. The normalized spacial score (nSPS) is 36.1. The van der Waals surface area contributed by atoms with Crippen molar-refractivity contribution in [3.63, 3.8) is 0 Å². The lowest BCUT2D eigenvalue weighted by atomic mass is 9.48. The first-order valence-electron chi connectivity index (χ1n) is 14.2. The first-order chi connectivity index (χ1) is 19.0. The van der Waals surface area contributed by atoms with Gasteiger partial charge in [0.25, 0.3) is 0 Å². The fourth-order valence-electron chi connectivity index (χ4n) is 7.69. The summed E-state index contributed by atoms with van der Waals surface area (Å²) in [5.41, 5.74) is -1.04. The summed E-state index contributed by atoms with van der Waals surface area (Å²) < 4.78 is 25.8. The number of fused-ring (bicyclic) bond motifs is 1. The van der Waals surface area contributed by atoms with E-state index in [4.69, 9.17) is 18.9 Å². The first kappa shape index (κ1) is 28.5. The van der Waals surface area contributed by atoms with E-state index in [2.05, 4.69) is 6.92 Å². The van der Waals surface area contributed by atoms with Gasteiger partial charge in [0.05, 0.1) is 35.7 Å². The standard InChI is InChI=1S/C33H40O7/c1-21-16-18-25(39-26(35)19-17-23-12-8-6-9-13-23)32(5)30(37-20-24-14-10-7-11-15-24)28(36)27-29(38-22(2)34)33(21,32)40-31(27,3)4/h6-15,17,19,21,25,27-30,36H,16,18,20H2,1-5H3/b19-17+/t21-,25+,27-,28?,29-,30-,32+,33-/m1/s1. The molecule has 1 aliphatic heterocycles. The molecule has 7 heteroatoms. The van der Waals surface area contributed by atoms with Crippen LogP contribution in [0.25, 0.3) is 6.08 Å². The molecule has 0 radical (unpaired) electrons. The first-order valence-corrected chi connectivity index (χ1v) is 14.2. The summed E-state index contributed by atoms with van der Waals surface area (Å²) in [6.07, 6.45) is 1.24. The largest absolute Gasteiger partial charge is 0.459 e. The van der Waals surface area contributed by atoms with E-state index in [-0.39, 0.29) is 12.5 Å². The molecule has 2 aromatic rings. The maximum absolute atomic E-state index is 13.2. The van der Waals surface area contributed by atoms with Gasteiger partial charge in [0, 0.05) is 13.0 Å². The molecule has 1 spiro atoms. The fraction of sp³-hybridized carbons (Fsp3) is 0.515. The van der Waals surface area contributed by atoms with Crippen LogP contribution in [0.4, 0.5) is 0 Å². The maximum Gasteiger partial charge on any atom is 0.331 e. The highest BCUT2D eigenvalue weighted by Crippen LogP contribution is 2.67. The van der Waals surface area contributed by atoms with E-state index in [9.17, 15) is 14.7 Å². The van der Waals surface area contributed by atoms with Crippen LogP contribution < -0.4 is 0 Å². The number of rotatable bonds is 7. The smallest absolute Gasteiger partial charge is 0.331 e. The third-order valence-corrected chi connectivity index (χ3v) is 9.39. The molecule has 1 heterocycles. The van der Waals surface area contributed by atoms with Gasteiger partial charge in [-0.2, -0.15) is 0 Å².